The van der Waals surface area contributed by atoms with Gasteiger partial charge in [-0.15, -0.1) is 0 Å². The first kappa shape index (κ1) is 58.4. The van der Waals surface area contributed by atoms with Crippen LogP contribution < -0.4 is 0 Å². The molecule has 0 aliphatic carbocycles. The molecule has 0 aliphatic rings. The SMILES string of the molecule is CCCCCCCCCCCCCCCCCCC(=O)OC[C@@H](COC(=O)CCCCCCCCCCCCCCC)OC(=O)CCCCCCCCCCCCCCC. The van der Waals surface area contributed by atoms with Gasteiger partial charge >= 0.3 is 17.9 Å². The summed E-state index contributed by atoms with van der Waals surface area (Å²) in [6, 6.07) is 0. The second-order valence-corrected chi connectivity index (χ2v) is 18.5. The largest absolute Gasteiger partial charge is 0.462 e. The fourth-order valence-corrected chi connectivity index (χ4v) is 8.27. The molecule has 356 valence electrons. The van der Waals surface area contributed by atoms with E-state index in [1.807, 2.05) is 0 Å². The lowest BCUT2D eigenvalue weighted by molar-refractivity contribution is -0.167. The first-order valence-corrected chi connectivity index (χ1v) is 27.0. The lowest BCUT2D eigenvalue weighted by atomic mass is 10.0. The summed E-state index contributed by atoms with van der Waals surface area (Å²) in [5.74, 6) is -0.837. The van der Waals surface area contributed by atoms with E-state index in [0.717, 1.165) is 57.8 Å². The van der Waals surface area contributed by atoms with Crippen LogP contribution in [-0.4, -0.2) is 37.2 Å². The van der Waals surface area contributed by atoms with Crippen molar-refractivity contribution in [2.24, 2.45) is 0 Å². The number of esters is 3. The van der Waals surface area contributed by atoms with Gasteiger partial charge in [-0.3, -0.25) is 14.4 Å². The molecule has 0 unspecified atom stereocenters. The normalized spacial score (nSPS) is 11.8. The molecule has 0 saturated heterocycles. The van der Waals surface area contributed by atoms with Crippen molar-refractivity contribution in [1.29, 1.82) is 0 Å². The van der Waals surface area contributed by atoms with Gasteiger partial charge in [-0.25, -0.2) is 0 Å². The van der Waals surface area contributed by atoms with Crippen LogP contribution in [0.2, 0.25) is 0 Å². The summed E-state index contributed by atoms with van der Waals surface area (Å²) in [7, 11) is 0. The highest BCUT2D eigenvalue weighted by Crippen LogP contribution is 2.17. The fourth-order valence-electron chi connectivity index (χ4n) is 8.27. The Hall–Kier alpha value is -1.59. The number of carbonyl (C=O) groups excluding carboxylic acids is 3. The molecule has 0 spiro atoms. The molecule has 1 atom stereocenters. The van der Waals surface area contributed by atoms with E-state index < -0.39 is 6.10 Å². The van der Waals surface area contributed by atoms with Crippen molar-refractivity contribution in [3.63, 3.8) is 0 Å². The number of rotatable bonds is 50. The van der Waals surface area contributed by atoms with Gasteiger partial charge in [-0.1, -0.05) is 271 Å². The van der Waals surface area contributed by atoms with Crippen molar-refractivity contribution < 1.29 is 28.6 Å². The lowest BCUT2D eigenvalue weighted by Crippen LogP contribution is -2.30. The van der Waals surface area contributed by atoms with Crippen molar-refractivity contribution >= 4 is 17.9 Å². The Bertz CT molecular complexity index is 889. The van der Waals surface area contributed by atoms with E-state index in [1.165, 1.54) is 212 Å². The highest BCUT2D eigenvalue weighted by molar-refractivity contribution is 5.71. The smallest absolute Gasteiger partial charge is 0.306 e. The van der Waals surface area contributed by atoms with E-state index in [4.69, 9.17) is 14.2 Å². The minimum Gasteiger partial charge on any atom is -0.462 e. The topological polar surface area (TPSA) is 78.9 Å². The molecule has 0 N–H and O–H groups in total. The first-order valence-electron chi connectivity index (χ1n) is 27.0. The molecule has 0 aromatic carbocycles. The Kier molecular flexibility index (Phi) is 48.7. The van der Waals surface area contributed by atoms with Crippen LogP contribution in [0.1, 0.15) is 310 Å². The number of carbonyl (C=O) groups is 3. The van der Waals surface area contributed by atoms with Crippen molar-refractivity contribution in [1.82, 2.24) is 0 Å². The van der Waals surface area contributed by atoms with E-state index >= 15 is 0 Å². The molecule has 0 saturated carbocycles. The van der Waals surface area contributed by atoms with Crippen molar-refractivity contribution in [3.05, 3.63) is 0 Å². The molecule has 0 fully saturated rings. The highest BCUT2D eigenvalue weighted by atomic mass is 16.6. The molecule has 0 amide bonds. The third-order valence-electron chi connectivity index (χ3n) is 12.4. The second-order valence-electron chi connectivity index (χ2n) is 18.5. The van der Waals surface area contributed by atoms with Crippen molar-refractivity contribution in [2.75, 3.05) is 13.2 Å². The average Bonchev–Trinajstić information content (AvgIpc) is 3.24. The van der Waals surface area contributed by atoms with Crippen LogP contribution in [0, 0.1) is 0 Å². The molecule has 0 rings (SSSR count). The van der Waals surface area contributed by atoms with Crippen LogP contribution in [0.15, 0.2) is 0 Å². The Morgan fingerprint density at radius 1 is 0.267 bits per heavy atom. The van der Waals surface area contributed by atoms with E-state index in [9.17, 15) is 14.4 Å². The fraction of sp³-hybridized carbons (Fsp3) is 0.944. The van der Waals surface area contributed by atoms with Crippen LogP contribution in [-0.2, 0) is 28.6 Å². The monoisotopic (exact) mass is 849 g/mol. The molecule has 0 aliphatic heterocycles. The summed E-state index contributed by atoms with van der Waals surface area (Å²) in [5.41, 5.74) is 0. The number of hydrogen-bond donors (Lipinski definition) is 0. The van der Waals surface area contributed by atoms with Crippen LogP contribution >= 0.6 is 0 Å². The van der Waals surface area contributed by atoms with Crippen molar-refractivity contribution in [3.8, 4) is 0 Å². The molecule has 0 bridgehead atoms. The van der Waals surface area contributed by atoms with E-state index in [-0.39, 0.29) is 31.1 Å². The summed E-state index contributed by atoms with van der Waals surface area (Å²) < 4.78 is 16.8. The van der Waals surface area contributed by atoms with Gasteiger partial charge < -0.3 is 14.2 Å². The quantitative estimate of drug-likeness (QED) is 0.0345. The predicted molar refractivity (Wildman–Crippen MR) is 257 cm³/mol. The number of ether oxygens (including phenoxy) is 3. The van der Waals surface area contributed by atoms with Gasteiger partial charge in [-0.2, -0.15) is 0 Å². The molecule has 60 heavy (non-hydrogen) atoms. The van der Waals surface area contributed by atoms with Gasteiger partial charge in [0.15, 0.2) is 6.10 Å². The summed E-state index contributed by atoms with van der Waals surface area (Å²) in [5, 5.41) is 0. The number of unbranched alkanes of at least 4 members (excludes halogenated alkanes) is 39. The van der Waals surface area contributed by atoms with Crippen LogP contribution in [0.3, 0.4) is 0 Å². The molecule has 0 radical (unpaired) electrons. The van der Waals surface area contributed by atoms with Gasteiger partial charge in [0, 0.05) is 19.3 Å². The van der Waals surface area contributed by atoms with Gasteiger partial charge in [0.2, 0.25) is 0 Å². The van der Waals surface area contributed by atoms with Crippen LogP contribution in [0.25, 0.3) is 0 Å². The van der Waals surface area contributed by atoms with Gasteiger partial charge in [0.05, 0.1) is 0 Å². The molecular formula is C54H104O6. The zero-order valence-corrected chi connectivity index (χ0v) is 40.8. The van der Waals surface area contributed by atoms with Crippen LogP contribution in [0.5, 0.6) is 0 Å². The van der Waals surface area contributed by atoms with Crippen molar-refractivity contribution in [2.45, 2.75) is 316 Å². The maximum absolute atomic E-state index is 12.8. The average molecular weight is 849 g/mol. The number of hydrogen-bond acceptors (Lipinski definition) is 6. The molecule has 6 heteroatoms. The van der Waals surface area contributed by atoms with Gasteiger partial charge in [-0.05, 0) is 19.3 Å². The Labute approximate surface area is 374 Å². The standard InChI is InChI=1S/C54H104O6/c1-4-7-10-13-16-19-22-25-26-27-30-32-35-38-41-44-47-53(56)59-50-51(60-54(57)48-45-42-39-36-33-29-24-21-18-15-12-9-6-3)49-58-52(55)46-43-40-37-34-31-28-23-20-17-14-11-8-5-2/h51H,4-50H2,1-3H3/t51-/m1/s1. The third kappa shape index (κ3) is 47.5. The second kappa shape index (κ2) is 50.1. The zero-order chi connectivity index (χ0) is 43.7. The summed E-state index contributed by atoms with van der Waals surface area (Å²) >= 11 is 0. The minimum absolute atomic E-state index is 0.0615. The maximum atomic E-state index is 12.8. The Morgan fingerprint density at radius 2 is 0.450 bits per heavy atom. The molecule has 6 nitrogen and oxygen atoms in total. The molecular weight excluding hydrogens is 745 g/mol. The third-order valence-corrected chi connectivity index (χ3v) is 12.4. The van der Waals surface area contributed by atoms with Crippen LogP contribution in [0.4, 0.5) is 0 Å². The van der Waals surface area contributed by atoms with E-state index in [2.05, 4.69) is 20.8 Å². The van der Waals surface area contributed by atoms with E-state index in [0.29, 0.717) is 19.3 Å². The summed E-state index contributed by atoms with van der Waals surface area (Å²) in [6.07, 6.45) is 53.7. The molecule has 0 heterocycles. The Morgan fingerprint density at radius 3 is 0.667 bits per heavy atom. The summed E-state index contributed by atoms with van der Waals surface area (Å²) in [6.45, 7) is 6.69. The highest BCUT2D eigenvalue weighted by Gasteiger charge is 2.19. The first-order chi connectivity index (χ1) is 29.5. The zero-order valence-electron chi connectivity index (χ0n) is 40.8. The maximum Gasteiger partial charge on any atom is 0.306 e. The van der Waals surface area contributed by atoms with E-state index in [1.54, 1.807) is 0 Å². The van der Waals surface area contributed by atoms with Gasteiger partial charge in [0.25, 0.3) is 0 Å². The minimum atomic E-state index is -0.759. The predicted octanol–water partition coefficient (Wildman–Crippen LogP) is 17.6. The lowest BCUT2D eigenvalue weighted by Gasteiger charge is -2.18. The van der Waals surface area contributed by atoms with Gasteiger partial charge in [0.1, 0.15) is 13.2 Å². The molecule has 0 aromatic heterocycles. The summed E-state index contributed by atoms with van der Waals surface area (Å²) in [4.78, 5) is 38.0. The molecule has 0 aromatic rings. The Balaban J connectivity index is 4.29.